The van der Waals surface area contributed by atoms with E-state index < -0.39 is 7.80 Å². The van der Waals surface area contributed by atoms with Crippen LogP contribution < -0.4 is 0 Å². The van der Waals surface area contributed by atoms with Crippen LogP contribution in [0.15, 0.2) is 0 Å². The largest absolute Gasteiger partial charge is 0.465 e. The number of hydrogen-bond donors (Lipinski definition) is 0. The number of esters is 1. The summed E-state index contributed by atoms with van der Waals surface area (Å²) in [6.45, 7) is 7.65. The molecular formula is C14H28O4P+. The van der Waals surface area contributed by atoms with Gasteiger partial charge in [-0.15, -0.1) is 0 Å². The maximum absolute atomic E-state index is 11.8. The molecule has 4 nitrogen and oxygen atoms in total. The minimum absolute atomic E-state index is 0.233. The normalized spacial score (nSPS) is 13.1. The van der Waals surface area contributed by atoms with Crippen LogP contribution in [0, 0.1) is 5.92 Å². The predicted molar refractivity (Wildman–Crippen MR) is 78.1 cm³/mol. The minimum atomic E-state index is -1.37. The van der Waals surface area contributed by atoms with Gasteiger partial charge < -0.3 is 9.47 Å². The van der Waals surface area contributed by atoms with Crippen LogP contribution in [-0.2, 0) is 18.8 Å². The van der Waals surface area contributed by atoms with E-state index in [1.807, 2.05) is 6.92 Å². The van der Waals surface area contributed by atoms with Crippen molar-refractivity contribution in [1.82, 2.24) is 0 Å². The lowest BCUT2D eigenvalue weighted by molar-refractivity contribution is -0.147. The number of ether oxygens (including phenoxy) is 2. The maximum atomic E-state index is 11.8. The van der Waals surface area contributed by atoms with Crippen LogP contribution in [0.3, 0.4) is 0 Å². The molecule has 2 unspecified atom stereocenters. The second-order valence-electron chi connectivity index (χ2n) is 4.78. The molecule has 0 amide bonds. The molecule has 0 aliphatic heterocycles. The Labute approximate surface area is 118 Å². The number of rotatable bonds is 12. The summed E-state index contributed by atoms with van der Waals surface area (Å²) in [5, 5.41) is 0. The van der Waals surface area contributed by atoms with Crippen molar-refractivity contribution in [2.24, 2.45) is 5.92 Å². The Morgan fingerprint density at radius 2 is 1.74 bits per heavy atom. The van der Waals surface area contributed by atoms with Crippen LogP contribution in [0.2, 0.25) is 0 Å². The molecule has 0 spiro atoms. The molecule has 0 aromatic carbocycles. The zero-order valence-electron chi connectivity index (χ0n) is 12.5. The zero-order valence-corrected chi connectivity index (χ0v) is 13.4. The number of carbonyl (C=O) groups is 1. The van der Waals surface area contributed by atoms with Crippen LogP contribution in [-0.4, -0.2) is 38.1 Å². The highest BCUT2D eigenvalue weighted by atomic mass is 31.1. The van der Waals surface area contributed by atoms with Gasteiger partial charge in [0.15, 0.2) is 12.3 Å². The molecule has 0 aromatic rings. The number of hydrogen-bond acceptors (Lipinski definition) is 4. The van der Waals surface area contributed by atoms with Crippen molar-refractivity contribution in [1.29, 1.82) is 0 Å². The van der Waals surface area contributed by atoms with Crippen LogP contribution in [0.5, 0.6) is 0 Å². The van der Waals surface area contributed by atoms with Crippen LogP contribution in [0.4, 0.5) is 0 Å². The van der Waals surface area contributed by atoms with Gasteiger partial charge in [-0.3, -0.25) is 4.79 Å². The lowest BCUT2D eigenvalue weighted by Gasteiger charge is -2.06. The lowest BCUT2D eigenvalue weighted by atomic mass is 10.2. The Morgan fingerprint density at radius 3 is 2.37 bits per heavy atom. The average Bonchev–Trinajstić information content (AvgIpc) is 2.38. The highest BCUT2D eigenvalue weighted by molar-refractivity contribution is 7.44. The molecule has 0 bridgehead atoms. The molecule has 0 rings (SSSR count). The second-order valence-corrected chi connectivity index (χ2v) is 6.55. The maximum Gasteiger partial charge on any atom is 0.342 e. The summed E-state index contributed by atoms with van der Waals surface area (Å²) in [7, 11) is -1.37. The van der Waals surface area contributed by atoms with E-state index in [0.717, 1.165) is 32.3 Å². The van der Waals surface area contributed by atoms with E-state index >= 15 is 0 Å². The van der Waals surface area contributed by atoms with Gasteiger partial charge in [0.2, 0.25) is 0 Å². The third-order valence-electron chi connectivity index (χ3n) is 2.75. The quantitative estimate of drug-likeness (QED) is 0.313. The van der Waals surface area contributed by atoms with Crippen LogP contribution in [0.1, 0.15) is 46.5 Å². The molecular weight excluding hydrogens is 263 g/mol. The number of unbranched alkanes of at least 4 members (excludes halogenated alkanes) is 2. The first-order valence-electron chi connectivity index (χ1n) is 7.28. The Bertz CT molecular complexity index is 256. The Balaban J connectivity index is 3.64. The van der Waals surface area contributed by atoms with E-state index in [1.165, 1.54) is 0 Å². The molecule has 0 saturated heterocycles. The fourth-order valence-corrected chi connectivity index (χ4v) is 2.72. The van der Waals surface area contributed by atoms with Gasteiger partial charge in [0.25, 0.3) is 0 Å². The van der Waals surface area contributed by atoms with Gasteiger partial charge in [0.05, 0.1) is 19.1 Å². The van der Waals surface area contributed by atoms with Gasteiger partial charge >= 0.3 is 13.8 Å². The average molecular weight is 291 g/mol. The fourth-order valence-electron chi connectivity index (χ4n) is 1.45. The van der Waals surface area contributed by atoms with E-state index in [1.54, 1.807) is 6.92 Å². The van der Waals surface area contributed by atoms with E-state index in [9.17, 15) is 9.36 Å². The molecule has 0 N–H and O–H groups in total. The molecule has 0 radical (unpaired) electrons. The first-order chi connectivity index (χ1) is 9.11. The molecule has 112 valence electrons. The summed E-state index contributed by atoms with van der Waals surface area (Å²) >= 11 is 0. The Kier molecular flexibility index (Phi) is 12.2. The molecule has 0 aromatic heterocycles. The first kappa shape index (κ1) is 18.5. The van der Waals surface area contributed by atoms with E-state index in [4.69, 9.17) is 9.47 Å². The molecule has 0 aliphatic rings. The lowest BCUT2D eigenvalue weighted by Crippen LogP contribution is -2.18. The van der Waals surface area contributed by atoms with Crippen molar-refractivity contribution in [3.63, 3.8) is 0 Å². The molecule has 0 saturated carbocycles. The summed E-state index contributed by atoms with van der Waals surface area (Å²) < 4.78 is 22.3. The highest BCUT2D eigenvalue weighted by Gasteiger charge is 2.25. The molecule has 0 fully saturated rings. The monoisotopic (exact) mass is 291 g/mol. The van der Waals surface area contributed by atoms with Crippen molar-refractivity contribution >= 4 is 13.8 Å². The van der Waals surface area contributed by atoms with Gasteiger partial charge in [-0.1, -0.05) is 31.3 Å². The van der Waals surface area contributed by atoms with Gasteiger partial charge in [0, 0.05) is 6.61 Å². The SMILES string of the molecule is CCCCOCC[P+](=O)CC(C)C(=O)OCCCC. The Hall–Kier alpha value is -0.470. The molecule has 5 heteroatoms. The fraction of sp³-hybridized carbons (Fsp3) is 0.929. The van der Waals surface area contributed by atoms with Crippen molar-refractivity contribution in [3.8, 4) is 0 Å². The smallest absolute Gasteiger partial charge is 0.342 e. The van der Waals surface area contributed by atoms with Crippen molar-refractivity contribution in [3.05, 3.63) is 0 Å². The second kappa shape index (κ2) is 12.6. The number of carbonyl (C=O) groups excluding carboxylic acids is 1. The predicted octanol–water partition coefficient (Wildman–Crippen LogP) is 3.61. The minimum Gasteiger partial charge on any atom is -0.465 e. The van der Waals surface area contributed by atoms with Crippen molar-refractivity contribution < 1.29 is 18.8 Å². The van der Waals surface area contributed by atoms with E-state index in [2.05, 4.69) is 6.92 Å². The zero-order chi connectivity index (χ0) is 14.5. The summed E-state index contributed by atoms with van der Waals surface area (Å²) in [4.78, 5) is 11.6. The summed E-state index contributed by atoms with van der Waals surface area (Å²) in [5.74, 6) is -0.514. The summed E-state index contributed by atoms with van der Waals surface area (Å²) in [6.07, 6.45) is 4.97. The third kappa shape index (κ3) is 11.1. The van der Waals surface area contributed by atoms with E-state index in [0.29, 0.717) is 25.5 Å². The van der Waals surface area contributed by atoms with Gasteiger partial charge in [-0.2, -0.15) is 0 Å². The third-order valence-corrected chi connectivity index (χ3v) is 4.39. The Morgan fingerprint density at radius 1 is 1.11 bits per heavy atom. The highest BCUT2D eigenvalue weighted by Crippen LogP contribution is 2.24. The molecule has 19 heavy (non-hydrogen) atoms. The van der Waals surface area contributed by atoms with Crippen LogP contribution in [0.25, 0.3) is 0 Å². The molecule has 0 heterocycles. The molecule has 2 atom stereocenters. The van der Waals surface area contributed by atoms with Crippen LogP contribution >= 0.6 is 7.80 Å². The van der Waals surface area contributed by atoms with Gasteiger partial charge in [0.1, 0.15) is 0 Å². The summed E-state index contributed by atoms with van der Waals surface area (Å²) in [6, 6.07) is 0. The summed E-state index contributed by atoms with van der Waals surface area (Å²) in [5.41, 5.74) is 0. The van der Waals surface area contributed by atoms with E-state index in [-0.39, 0.29) is 11.9 Å². The van der Waals surface area contributed by atoms with Gasteiger partial charge in [-0.25, -0.2) is 0 Å². The standard InChI is InChI=1S/C14H28O4P/c1-4-6-8-17-10-11-19(16)12-13(3)14(15)18-9-7-5-2/h13H,4-12H2,1-3H3/q+1. The van der Waals surface area contributed by atoms with Gasteiger partial charge in [-0.05, 0) is 19.8 Å². The first-order valence-corrected chi connectivity index (χ1v) is 8.91. The molecule has 0 aliphatic carbocycles. The van der Waals surface area contributed by atoms with Crippen molar-refractivity contribution in [2.45, 2.75) is 46.5 Å². The topological polar surface area (TPSA) is 52.6 Å². The van der Waals surface area contributed by atoms with Crippen molar-refractivity contribution in [2.75, 3.05) is 32.1 Å².